The van der Waals surface area contributed by atoms with Crippen LogP contribution in [0.3, 0.4) is 0 Å². The number of hydrogen-bond acceptors (Lipinski definition) is 5. The van der Waals surface area contributed by atoms with Gasteiger partial charge in [0, 0.05) is 24.5 Å². The molecule has 0 saturated carbocycles. The number of benzene rings is 1. The molecule has 5 nitrogen and oxygen atoms in total. The number of aliphatic carboxylic acids is 1. The summed E-state index contributed by atoms with van der Waals surface area (Å²) in [7, 11) is 0. The minimum atomic E-state index is -0.788. The van der Waals surface area contributed by atoms with Crippen molar-refractivity contribution in [3.63, 3.8) is 0 Å². The van der Waals surface area contributed by atoms with Gasteiger partial charge in [0.25, 0.3) is 5.91 Å². The number of rotatable bonds is 7. The smallest absolute Gasteiger partial charge is 0.303 e. The van der Waals surface area contributed by atoms with Crippen LogP contribution >= 0.6 is 24.0 Å². The standard InChI is InChI=1S/C19H18N2O3S2/c22-17(23)6-2-1-3-10-21-18(24)16(26-19(21)25)12-13-7-8-15-14(11-13)5-4-9-20-15/h4-5,7-9,11-12H,1-3,6,10H2,(H,22,23). The van der Waals surface area contributed by atoms with E-state index < -0.39 is 5.97 Å². The number of carbonyl (C=O) groups is 2. The number of unbranched alkanes of at least 4 members (excludes halogenated alkanes) is 2. The molecule has 1 amide bonds. The van der Waals surface area contributed by atoms with Crippen molar-refractivity contribution in [1.82, 2.24) is 9.88 Å². The molecule has 1 fully saturated rings. The SMILES string of the molecule is O=C(O)CCCCCN1C(=O)C(=Cc2ccc3ncccc3c2)SC1=S. The molecule has 0 bridgehead atoms. The number of carbonyl (C=O) groups excluding carboxylic acids is 1. The molecule has 2 aromatic rings. The largest absolute Gasteiger partial charge is 0.481 e. The Morgan fingerprint density at radius 1 is 1.27 bits per heavy atom. The van der Waals surface area contributed by atoms with Crippen LogP contribution in [-0.2, 0) is 9.59 Å². The van der Waals surface area contributed by atoms with Crippen LogP contribution in [0.15, 0.2) is 41.4 Å². The maximum absolute atomic E-state index is 12.6. The Bertz CT molecular complexity index is 895. The van der Waals surface area contributed by atoms with Crippen molar-refractivity contribution in [1.29, 1.82) is 0 Å². The van der Waals surface area contributed by atoms with Gasteiger partial charge in [0.15, 0.2) is 0 Å². The number of nitrogens with zero attached hydrogens (tertiary/aromatic N) is 2. The van der Waals surface area contributed by atoms with Crippen molar-refractivity contribution in [2.75, 3.05) is 6.54 Å². The van der Waals surface area contributed by atoms with Crippen LogP contribution < -0.4 is 0 Å². The van der Waals surface area contributed by atoms with Crippen molar-refractivity contribution in [2.45, 2.75) is 25.7 Å². The van der Waals surface area contributed by atoms with Gasteiger partial charge < -0.3 is 5.11 Å². The zero-order valence-electron chi connectivity index (χ0n) is 14.1. The number of carboxylic acids is 1. The van der Waals surface area contributed by atoms with Crippen LogP contribution in [-0.4, -0.2) is 37.7 Å². The molecule has 1 aromatic heterocycles. The predicted octanol–water partition coefficient (Wildman–Crippen LogP) is 4.08. The average Bonchev–Trinajstić information content (AvgIpc) is 2.88. The first-order chi connectivity index (χ1) is 12.5. The van der Waals surface area contributed by atoms with Gasteiger partial charge >= 0.3 is 5.97 Å². The van der Waals surface area contributed by atoms with E-state index in [1.165, 1.54) is 11.8 Å². The van der Waals surface area contributed by atoms with Crippen LogP contribution in [0.2, 0.25) is 0 Å². The summed E-state index contributed by atoms with van der Waals surface area (Å²) < 4.78 is 0.557. The van der Waals surface area contributed by atoms with Crippen LogP contribution in [0.4, 0.5) is 0 Å². The molecule has 1 aliphatic heterocycles. The van der Waals surface area contributed by atoms with Crippen molar-refractivity contribution < 1.29 is 14.7 Å². The topological polar surface area (TPSA) is 70.5 Å². The Hall–Kier alpha value is -2.25. The third-order valence-electron chi connectivity index (χ3n) is 4.07. The van der Waals surface area contributed by atoms with Crippen LogP contribution in [0.5, 0.6) is 0 Å². The lowest BCUT2D eigenvalue weighted by atomic mass is 10.1. The first kappa shape index (κ1) is 18.5. The Morgan fingerprint density at radius 2 is 2.12 bits per heavy atom. The zero-order valence-corrected chi connectivity index (χ0v) is 15.7. The van der Waals surface area contributed by atoms with E-state index in [1.807, 2.05) is 36.4 Å². The number of hydrogen-bond donors (Lipinski definition) is 1. The summed E-state index contributed by atoms with van der Waals surface area (Å²) in [5, 5.41) is 9.67. The lowest BCUT2D eigenvalue weighted by molar-refractivity contribution is -0.137. The monoisotopic (exact) mass is 386 g/mol. The number of carboxylic acid groups (broad SMARTS) is 1. The van der Waals surface area contributed by atoms with E-state index in [0.29, 0.717) is 22.2 Å². The highest BCUT2D eigenvalue weighted by atomic mass is 32.2. The summed E-state index contributed by atoms with van der Waals surface area (Å²) in [6.07, 6.45) is 5.90. The van der Waals surface area contributed by atoms with Gasteiger partial charge in [-0.3, -0.25) is 19.5 Å². The average molecular weight is 386 g/mol. The van der Waals surface area contributed by atoms with E-state index in [2.05, 4.69) is 4.98 Å². The molecular formula is C19H18N2O3S2. The van der Waals surface area contributed by atoms with E-state index >= 15 is 0 Å². The quantitative estimate of drug-likeness (QED) is 0.439. The number of fused-ring (bicyclic) bond motifs is 1. The molecule has 0 atom stereocenters. The summed E-state index contributed by atoms with van der Waals surface area (Å²) in [5.41, 5.74) is 1.85. The number of aromatic nitrogens is 1. The first-order valence-corrected chi connectivity index (χ1v) is 9.59. The van der Waals surface area contributed by atoms with E-state index in [0.717, 1.165) is 29.3 Å². The van der Waals surface area contributed by atoms with Crippen LogP contribution in [0, 0.1) is 0 Å². The van der Waals surface area contributed by atoms with E-state index in [9.17, 15) is 9.59 Å². The van der Waals surface area contributed by atoms with Gasteiger partial charge in [-0.2, -0.15) is 0 Å². The molecule has 0 spiro atoms. The van der Waals surface area contributed by atoms with Gasteiger partial charge in [-0.05, 0) is 42.7 Å². The highest BCUT2D eigenvalue weighted by molar-refractivity contribution is 8.26. The molecular weight excluding hydrogens is 368 g/mol. The minimum absolute atomic E-state index is 0.0791. The molecule has 0 radical (unpaired) electrons. The van der Waals surface area contributed by atoms with Gasteiger partial charge in [-0.15, -0.1) is 0 Å². The maximum atomic E-state index is 12.6. The van der Waals surface area contributed by atoms with Crippen molar-refractivity contribution in [2.24, 2.45) is 0 Å². The van der Waals surface area contributed by atoms with Crippen molar-refractivity contribution >= 4 is 57.2 Å². The predicted molar refractivity (Wildman–Crippen MR) is 108 cm³/mol. The molecule has 0 unspecified atom stereocenters. The van der Waals surface area contributed by atoms with Gasteiger partial charge in [0.05, 0.1) is 10.4 Å². The van der Waals surface area contributed by atoms with E-state index in [4.69, 9.17) is 17.3 Å². The normalized spacial score (nSPS) is 16.0. The highest BCUT2D eigenvalue weighted by Gasteiger charge is 2.31. The van der Waals surface area contributed by atoms with Gasteiger partial charge in [-0.1, -0.05) is 42.5 Å². The number of thioether (sulfide) groups is 1. The third-order valence-corrected chi connectivity index (χ3v) is 5.45. The molecule has 1 aliphatic rings. The Labute approximate surface area is 161 Å². The summed E-state index contributed by atoms with van der Waals surface area (Å²) in [6, 6.07) is 9.75. The molecule has 1 saturated heterocycles. The second kappa shape index (κ2) is 8.42. The Kier molecular flexibility index (Phi) is 6.00. The Balaban J connectivity index is 1.65. The Morgan fingerprint density at radius 3 is 2.92 bits per heavy atom. The zero-order chi connectivity index (χ0) is 18.5. The second-order valence-corrected chi connectivity index (χ2v) is 7.67. The van der Waals surface area contributed by atoms with E-state index in [-0.39, 0.29) is 12.3 Å². The number of pyridine rings is 1. The number of thiocarbonyl (C=S) groups is 1. The maximum Gasteiger partial charge on any atom is 0.303 e. The molecule has 3 rings (SSSR count). The summed E-state index contributed by atoms with van der Waals surface area (Å²) >= 11 is 6.64. The molecule has 134 valence electrons. The van der Waals surface area contributed by atoms with Crippen molar-refractivity contribution in [3.8, 4) is 0 Å². The van der Waals surface area contributed by atoms with Gasteiger partial charge in [0.1, 0.15) is 4.32 Å². The van der Waals surface area contributed by atoms with E-state index in [1.54, 1.807) is 11.1 Å². The third kappa shape index (κ3) is 4.47. The summed E-state index contributed by atoms with van der Waals surface area (Å²) in [6.45, 7) is 0.531. The fraction of sp³-hybridized carbons (Fsp3) is 0.263. The molecule has 0 aliphatic carbocycles. The second-order valence-electron chi connectivity index (χ2n) is 5.99. The highest BCUT2D eigenvalue weighted by Crippen LogP contribution is 2.33. The van der Waals surface area contributed by atoms with Crippen LogP contribution in [0.1, 0.15) is 31.2 Å². The minimum Gasteiger partial charge on any atom is -0.481 e. The fourth-order valence-corrected chi connectivity index (χ4v) is 4.06. The molecule has 1 aromatic carbocycles. The lowest BCUT2D eigenvalue weighted by Gasteiger charge is -2.13. The summed E-state index contributed by atoms with van der Waals surface area (Å²) in [5.74, 6) is -0.867. The van der Waals surface area contributed by atoms with Gasteiger partial charge in [0.2, 0.25) is 0 Å². The summed E-state index contributed by atoms with van der Waals surface area (Å²) in [4.78, 5) is 29.6. The van der Waals surface area contributed by atoms with Gasteiger partial charge in [-0.25, -0.2) is 0 Å². The first-order valence-electron chi connectivity index (χ1n) is 8.36. The molecule has 26 heavy (non-hydrogen) atoms. The van der Waals surface area contributed by atoms with Crippen molar-refractivity contribution in [3.05, 3.63) is 47.0 Å². The van der Waals surface area contributed by atoms with Crippen LogP contribution in [0.25, 0.3) is 17.0 Å². The fourth-order valence-electron chi connectivity index (χ4n) is 2.75. The molecule has 2 heterocycles. The molecule has 7 heteroatoms. The lowest BCUT2D eigenvalue weighted by Crippen LogP contribution is -2.29. The number of amides is 1. The molecule has 1 N–H and O–H groups in total.